The highest BCUT2D eigenvalue weighted by atomic mass is 35.5. The Morgan fingerprint density at radius 2 is 1.74 bits per heavy atom. The maximum Gasteiger partial charge on any atom is 0.309 e. The molecule has 1 heterocycles. The summed E-state index contributed by atoms with van der Waals surface area (Å²) in [5.41, 5.74) is 2.57. The first-order valence-electron chi connectivity index (χ1n) is 7.34. The number of hydrogen-bond donors (Lipinski definition) is 1. The molecule has 0 spiro atoms. The number of hydrogen-bond acceptors (Lipinski definition) is 2. The zero-order valence-electron chi connectivity index (χ0n) is 12.6. The van der Waals surface area contributed by atoms with Crippen molar-refractivity contribution in [3.63, 3.8) is 0 Å². The Labute approximate surface area is 139 Å². The summed E-state index contributed by atoms with van der Waals surface area (Å²) in [5, 5.41) is 10.1. The van der Waals surface area contributed by atoms with Gasteiger partial charge in [0.2, 0.25) is 5.91 Å². The number of carbonyl (C=O) groups is 2. The molecule has 1 amide bonds. The number of aliphatic carboxylic acids is 1. The number of anilines is 1. The number of aryl methyl sites for hydroxylation is 1. The number of carbonyl (C=O) groups excluding carboxylic acids is 1. The van der Waals surface area contributed by atoms with Crippen LogP contribution in [0.3, 0.4) is 0 Å². The smallest absolute Gasteiger partial charge is 0.309 e. The Morgan fingerprint density at radius 3 is 2.30 bits per heavy atom. The van der Waals surface area contributed by atoms with Crippen LogP contribution in [0.5, 0.6) is 0 Å². The van der Waals surface area contributed by atoms with Gasteiger partial charge in [-0.3, -0.25) is 9.59 Å². The van der Waals surface area contributed by atoms with E-state index in [0.29, 0.717) is 10.7 Å². The zero-order chi connectivity index (χ0) is 16.6. The van der Waals surface area contributed by atoms with Crippen molar-refractivity contribution in [1.82, 2.24) is 0 Å². The molecule has 0 unspecified atom stereocenters. The van der Waals surface area contributed by atoms with Gasteiger partial charge in [-0.2, -0.15) is 0 Å². The van der Waals surface area contributed by atoms with Crippen molar-refractivity contribution < 1.29 is 14.7 Å². The average molecular weight is 330 g/mol. The third kappa shape index (κ3) is 2.94. The highest BCUT2D eigenvalue weighted by Gasteiger charge is 2.45. The van der Waals surface area contributed by atoms with E-state index in [4.69, 9.17) is 11.6 Å². The highest BCUT2D eigenvalue weighted by molar-refractivity contribution is 6.30. The molecule has 1 N–H and O–H groups in total. The van der Waals surface area contributed by atoms with Gasteiger partial charge in [0, 0.05) is 17.1 Å². The number of amides is 1. The van der Waals surface area contributed by atoms with Gasteiger partial charge < -0.3 is 10.0 Å². The third-order valence-corrected chi connectivity index (χ3v) is 4.42. The zero-order valence-corrected chi connectivity index (χ0v) is 13.3. The molecule has 0 aromatic heterocycles. The summed E-state index contributed by atoms with van der Waals surface area (Å²) < 4.78 is 0. The van der Waals surface area contributed by atoms with Crippen molar-refractivity contribution in [2.24, 2.45) is 5.92 Å². The molecule has 0 radical (unpaired) electrons. The molecule has 118 valence electrons. The van der Waals surface area contributed by atoms with E-state index in [0.717, 1.165) is 11.1 Å². The molecule has 2 aromatic rings. The number of carboxylic acids is 1. The third-order valence-electron chi connectivity index (χ3n) is 4.16. The SMILES string of the molecule is Cc1ccc([C@@H]2[C@@H](C(=O)O)CC(=O)N2c2ccc(Cl)cc2)cc1. The molecule has 23 heavy (non-hydrogen) atoms. The molecule has 2 atom stereocenters. The van der Waals surface area contributed by atoms with E-state index >= 15 is 0 Å². The van der Waals surface area contributed by atoms with Crippen LogP contribution in [0.2, 0.25) is 5.02 Å². The molecule has 5 heteroatoms. The molecule has 0 bridgehead atoms. The van der Waals surface area contributed by atoms with Gasteiger partial charge in [0.25, 0.3) is 0 Å². The Kier molecular flexibility index (Phi) is 4.09. The van der Waals surface area contributed by atoms with Crippen molar-refractivity contribution in [2.75, 3.05) is 4.90 Å². The molecule has 4 nitrogen and oxygen atoms in total. The van der Waals surface area contributed by atoms with Crippen LogP contribution in [-0.2, 0) is 9.59 Å². The van der Waals surface area contributed by atoms with Crippen LogP contribution in [0.25, 0.3) is 0 Å². The summed E-state index contributed by atoms with van der Waals surface area (Å²) in [6.07, 6.45) is -0.00347. The summed E-state index contributed by atoms with van der Waals surface area (Å²) in [4.78, 5) is 25.7. The van der Waals surface area contributed by atoms with E-state index in [1.165, 1.54) is 0 Å². The number of benzene rings is 2. The van der Waals surface area contributed by atoms with E-state index in [1.807, 2.05) is 31.2 Å². The molecular formula is C18H16ClNO3. The van der Waals surface area contributed by atoms with Crippen molar-refractivity contribution in [2.45, 2.75) is 19.4 Å². The maximum atomic E-state index is 12.5. The van der Waals surface area contributed by atoms with Crippen LogP contribution in [0, 0.1) is 12.8 Å². The van der Waals surface area contributed by atoms with Gasteiger partial charge in [0.1, 0.15) is 0 Å². The van der Waals surface area contributed by atoms with Crippen LogP contribution >= 0.6 is 11.6 Å². The number of rotatable bonds is 3. The van der Waals surface area contributed by atoms with Gasteiger partial charge in [-0.05, 0) is 36.8 Å². The Balaban J connectivity index is 2.07. The fourth-order valence-electron chi connectivity index (χ4n) is 3.01. The predicted octanol–water partition coefficient (Wildman–Crippen LogP) is 3.83. The van der Waals surface area contributed by atoms with Gasteiger partial charge in [-0.1, -0.05) is 41.4 Å². The fourth-order valence-corrected chi connectivity index (χ4v) is 3.13. The lowest BCUT2D eigenvalue weighted by Gasteiger charge is -2.27. The topological polar surface area (TPSA) is 57.6 Å². The van der Waals surface area contributed by atoms with Crippen molar-refractivity contribution in [3.8, 4) is 0 Å². The van der Waals surface area contributed by atoms with E-state index in [1.54, 1.807) is 29.2 Å². The van der Waals surface area contributed by atoms with E-state index < -0.39 is 17.9 Å². The minimum Gasteiger partial charge on any atom is -0.481 e. The molecule has 0 aliphatic carbocycles. The lowest BCUT2D eigenvalue weighted by molar-refractivity contribution is -0.142. The Morgan fingerprint density at radius 1 is 1.13 bits per heavy atom. The lowest BCUT2D eigenvalue weighted by Crippen LogP contribution is -2.30. The molecule has 0 saturated carbocycles. The molecule has 1 aliphatic rings. The second-order valence-electron chi connectivity index (χ2n) is 5.74. The minimum absolute atomic E-state index is 0.00347. The second kappa shape index (κ2) is 6.05. The first-order chi connectivity index (χ1) is 11.0. The summed E-state index contributed by atoms with van der Waals surface area (Å²) in [6, 6.07) is 14.0. The first-order valence-corrected chi connectivity index (χ1v) is 7.72. The van der Waals surface area contributed by atoms with Crippen LogP contribution in [-0.4, -0.2) is 17.0 Å². The van der Waals surface area contributed by atoms with Gasteiger partial charge in [0.15, 0.2) is 0 Å². The van der Waals surface area contributed by atoms with Crippen molar-refractivity contribution >= 4 is 29.2 Å². The fraction of sp³-hybridized carbons (Fsp3) is 0.222. The minimum atomic E-state index is -0.958. The maximum absolute atomic E-state index is 12.5. The lowest BCUT2D eigenvalue weighted by atomic mass is 9.93. The van der Waals surface area contributed by atoms with Crippen LogP contribution in [0.15, 0.2) is 48.5 Å². The van der Waals surface area contributed by atoms with Gasteiger partial charge in [-0.15, -0.1) is 0 Å². The Hall–Kier alpha value is -2.33. The Bertz CT molecular complexity index is 740. The average Bonchev–Trinajstić information content (AvgIpc) is 2.87. The monoisotopic (exact) mass is 329 g/mol. The molecule has 3 rings (SSSR count). The van der Waals surface area contributed by atoms with Crippen LogP contribution in [0.4, 0.5) is 5.69 Å². The number of halogens is 1. The van der Waals surface area contributed by atoms with Crippen molar-refractivity contribution in [1.29, 1.82) is 0 Å². The van der Waals surface area contributed by atoms with E-state index in [-0.39, 0.29) is 12.3 Å². The molecule has 1 saturated heterocycles. The normalized spacial score (nSPS) is 20.8. The van der Waals surface area contributed by atoms with Crippen molar-refractivity contribution in [3.05, 3.63) is 64.7 Å². The number of nitrogens with zero attached hydrogens (tertiary/aromatic N) is 1. The van der Waals surface area contributed by atoms with Gasteiger partial charge >= 0.3 is 5.97 Å². The summed E-state index contributed by atoms with van der Waals surface area (Å²) in [5.74, 6) is -1.91. The quantitative estimate of drug-likeness (QED) is 0.931. The first kappa shape index (κ1) is 15.6. The molecular weight excluding hydrogens is 314 g/mol. The molecule has 1 aliphatic heterocycles. The van der Waals surface area contributed by atoms with Gasteiger partial charge in [0.05, 0.1) is 12.0 Å². The number of carboxylic acid groups (broad SMARTS) is 1. The molecule has 1 fully saturated rings. The highest BCUT2D eigenvalue weighted by Crippen LogP contribution is 2.41. The van der Waals surface area contributed by atoms with Gasteiger partial charge in [-0.25, -0.2) is 0 Å². The van der Waals surface area contributed by atoms with E-state index in [2.05, 4.69) is 0 Å². The summed E-state index contributed by atoms with van der Waals surface area (Å²) in [6.45, 7) is 1.97. The largest absolute Gasteiger partial charge is 0.481 e. The summed E-state index contributed by atoms with van der Waals surface area (Å²) >= 11 is 5.91. The summed E-state index contributed by atoms with van der Waals surface area (Å²) in [7, 11) is 0. The van der Waals surface area contributed by atoms with E-state index in [9.17, 15) is 14.7 Å². The van der Waals surface area contributed by atoms with Crippen LogP contribution in [0.1, 0.15) is 23.6 Å². The standard InChI is InChI=1S/C18H16ClNO3/c1-11-2-4-12(5-3-11)17-15(18(22)23)10-16(21)20(17)14-8-6-13(19)7-9-14/h2-9,15,17H,10H2,1H3,(H,22,23)/t15-,17+/m0/s1. The predicted molar refractivity (Wildman–Crippen MR) is 88.6 cm³/mol. The van der Waals surface area contributed by atoms with Crippen LogP contribution < -0.4 is 4.90 Å². The second-order valence-corrected chi connectivity index (χ2v) is 6.18. The molecule has 2 aromatic carbocycles.